The van der Waals surface area contributed by atoms with Crippen LogP contribution < -0.4 is 0 Å². The zero-order valence-electron chi connectivity index (χ0n) is 37.4. The van der Waals surface area contributed by atoms with Gasteiger partial charge in [0.25, 0.3) is 0 Å². The average Bonchev–Trinajstić information content (AvgIpc) is 3.18. The molecule has 0 aliphatic heterocycles. The molecule has 0 saturated carbocycles. The van der Waals surface area contributed by atoms with Gasteiger partial charge in [-0.3, -0.25) is 14.4 Å². The minimum Gasteiger partial charge on any atom is -0.462 e. The second kappa shape index (κ2) is 43.5. The van der Waals surface area contributed by atoms with E-state index in [1.807, 2.05) is 0 Å². The van der Waals surface area contributed by atoms with Gasteiger partial charge in [-0.1, -0.05) is 233 Å². The summed E-state index contributed by atoms with van der Waals surface area (Å²) in [6, 6.07) is 0. The summed E-state index contributed by atoms with van der Waals surface area (Å²) in [6.07, 6.45) is 44.0. The number of hydrogen-bond donors (Lipinski definition) is 0. The van der Waals surface area contributed by atoms with E-state index in [2.05, 4.69) is 27.7 Å². The van der Waals surface area contributed by atoms with Crippen LogP contribution in [0.4, 0.5) is 0 Å². The van der Waals surface area contributed by atoms with Crippen molar-refractivity contribution in [2.45, 2.75) is 278 Å². The van der Waals surface area contributed by atoms with Gasteiger partial charge in [0, 0.05) is 19.3 Å². The number of carbonyl (C=O) groups is 3. The summed E-state index contributed by atoms with van der Waals surface area (Å²) in [5, 5.41) is 0. The second-order valence-electron chi connectivity index (χ2n) is 17.0. The fourth-order valence-corrected chi connectivity index (χ4v) is 7.30. The van der Waals surface area contributed by atoms with Crippen LogP contribution in [0.2, 0.25) is 0 Å². The van der Waals surface area contributed by atoms with Crippen molar-refractivity contribution < 1.29 is 28.6 Å². The Kier molecular flexibility index (Phi) is 42.3. The fourth-order valence-electron chi connectivity index (χ4n) is 7.30. The quantitative estimate of drug-likeness (QED) is 0.0348. The molecular formula is C49H94O6. The predicted octanol–water partition coefficient (Wildman–Crippen LogP) is 15.5. The van der Waals surface area contributed by atoms with Gasteiger partial charge in [0.2, 0.25) is 0 Å². The van der Waals surface area contributed by atoms with Crippen LogP contribution in [0.5, 0.6) is 0 Å². The average molecular weight is 779 g/mol. The number of rotatable bonds is 44. The van der Waals surface area contributed by atoms with Crippen LogP contribution in [0.1, 0.15) is 272 Å². The van der Waals surface area contributed by atoms with Crippen molar-refractivity contribution in [2.24, 2.45) is 5.92 Å². The lowest BCUT2D eigenvalue weighted by molar-refractivity contribution is -0.167. The Morgan fingerprint density at radius 3 is 0.945 bits per heavy atom. The Morgan fingerprint density at radius 2 is 0.636 bits per heavy atom. The van der Waals surface area contributed by atoms with Crippen LogP contribution in [0, 0.1) is 5.92 Å². The first-order valence-corrected chi connectivity index (χ1v) is 24.4. The van der Waals surface area contributed by atoms with Gasteiger partial charge in [0.05, 0.1) is 0 Å². The Morgan fingerprint density at radius 1 is 0.364 bits per heavy atom. The van der Waals surface area contributed by atoms with Gasteiger partial charge in [-0.2, -0.15) is 0 Å². The second-order valence-corrected chi connectivity index (χ2v) is 17.0. The molecule has 1 unspecified atom stereocenters. The molecule has 0 aromatic rings. The van der Waals surface area contributed by atoms with Crippen molar-refractivity contribution in [2.75, 3.05) is 13.2 Å². The number of hydrogen-bond acceptors (Lipinski definition) is 6. The molecule has 0 aliphatic carbocycles. The van der Waals surface area contributed by atoms with Gasteiger partial charge >= 0.3 is 17.9 Å². The number of unbranched alkanes of at least 4 members (excludes halogenated alkanes) is 30. The molecule has 0 N–H and O–H groups in total. The summed E-state index contributed by atoms with van der Waals surface area (Å²) in [7, 11) is 0. The van der Waals surface area contributed by atoms with E-state index in [1.165, 1.54) is 161 Å². The highest BCUT2D eigenvalue weighted by molar-refractivity contribution is 5.71. The molecule has 6 heteroatoms. The molecule has 0 bridgehead atoms. The van der Waals surface area contributed by atoms with E-state index in [1.54, 1.807) is 0 Å². The summed E-state index contributed by atoms with van der Waals surface area (Å²) in [4.78, 5) is 37.6. The van der Waals surface area contributed by atoms with E-state index in [4.69, 9.17) is 14.2 Å². The van der Waals surface area contributed by atoms with E-state index < -0.39 is 6.10 Å². The third-order valence-corrected chi connectivity index (χ3v) is 11.4. The molecule has 6 nitrogen and oxygen atoms in total. The first-order valence-electron chi connectivity index (χ1n) is 24.4. The smallest absolute Gasteiger partial charge is 0.306 e. The Hall–Kier alpha value is -1.59. The molecular weight excluding hydrogens is 685 g/mol. The molecule has 326 valence electrons. The first kappa shape index (κ1) is 53.4. The van der Waals surface area contributed by atoms with Crippen molar-refractivity contribution in [1.29, 1.82) is 0 Å². The highest BCUT2D eigenvalue weighted by Crippen LogP contribution is 2.17. The van der Waals surface area contributed by atoms with Crippen molar-refractivity contribution in [1.82, 2.24) is 0 Å². The van der Waals surface area contributed by atoms with Crippen LogP contribution >= 0.6 is 0 Å². The van der Waals surface area contributed by atoms with E-state index in [0.717, 1.165) is 70.1 Å². The zero-order chi connectivity index (χ0) is 40.3. The first-order chi connectivity index (χ1) is 26.9. The van der Waals surface area contributed by atoms with Crippen molar-refractivity contribution in [3.05, 3.63) is 0 Å². The molecule has 0 fully saturated rings. The minimum atomic E-state index is -0.758. The summed E-state index contributed by atoms with van der Waals surface area (Å²) < 4.78 is 16.6. The maximum absolute atomic E-state index is 12.7. The lowest BCUT2D eigenvalue weighted by Gasteiger charge is -2.18. The van der Waals surface area contributed by atoms with Crippen LogP contribution in [-0.4, -0.2) is 37.2 Å². The maximum atomic E-state index is 12.7. The molecule has 0 saturated heterocycles. The predicted molar refractivity (Wildman–Crippen MR) is 233 cm³/mol. The minimum absolute atomic E-state index is 0.0645. The number of esters is 3. The summed E-state index contributed by atoms with van der Waals surface area (Å²) in [5.74, 6) is 0.00320. The topological polar surface area (TPSA) is 78.9 Å². The Bertz CT molecular complexity index is 828. The number of ether oxygens (including phenoxy) is 3. The van der Waals surface area contributed by atoms with Crippen LogP contribution in [0.3, 0.4) is 0 Å². The molecule has 55 heavy (non-hydrogen) atoms. The Balaban J connectivity index is 4.13. The maximum Gasteiger partial charge on any atom is 0.306 e. The Labute approximate surface area is 342 Å². The van der Waals surface area contributed by atoms with Gasteiger partial charge in [-0.25, -0.2) is 0 Å². The molecule has 0 aromatic carbocycles. The summed E-state index contributed by atoms with van der Waals surface area (Å²) >= 11 is 0. The van der Waals surface area contributed by atoms with Crippen LogP contribution in [0.25, 0.3) is 0 Å². The molecule has 0 radical (unpaired) electrons. The standard InChI is InChI=1S/C49H94O6/c1-5-8-10-12-13-14-15-16-17-18-19-20-21-22-26-29-33-37-41-48(51)54-44-46(43-53-47(50)40-36-31-11-9-6-2)55-49(52)42-38-34-30-27-24-23-25-28-32-35-39-45(4)7-3/h45-46H,5-44H2,1-4H3/t45?,46-/m1/s1. The molecule has 0 aromatic heterocycles. The lowest BCUT2D eigenvalue weighted by atomic mass is 9.99. The van der Waals surface area contributed by atoms with E-state index >= 15 is 0 Å². The van der Waals surface area contributed by atoms with Gasteiger partial charge in [0.1, 0.15) is 13.2 Å². The third-order valence-electron chi connectivity index (χ3n) is 11.4. The number of carbonyl (C=O) groups excluding carboxylic acids is 3. The molecule has 0 amide bonds. The highest BCUT2D eigenvalue weighted by atomic mass is 16.6. The van der Waals surface area contributed by atoms with Crippen LogP contribution in [0.15, 0.2) is 0 Å². The van der Waals surface area contributed by atoms with Gasteiger partial charge in [-0.15, -0.1) is 0 Å². The highest BCUT2D eigenvalue weighted by Gasteiger charge is 2.19. The van der Waals surface area contributed by atoms with Crippen LogP contribution in [-0.2, 0) is 28.6 Å². The van der Waals surface area contributed by atoms with Gasteiger partial charge < -0.3 is 14.2 Å². The zero-order valence-corrected chi connectivity index (χ0v) is 37.4. The van der Waals surface area contributed by atoms with Crippen molar-refractivity contribution in [3.8, 4) is 0 Å². The largest absolute Gasteiger partial charge is 0.462 e. The van der Waals surface area contributed by atoms with Gasteiger partial charge in [-0.05, 0) is 25.2 Å². The van der Waals surface area contributed by atoms with Crippen molar-refractivity contribution >= 4 is 17.9 Å². The third kappa shape index (κ3) is 41.9. The SMILES string of the molecule is CCCCCCCCCCCCCCCCCCCCC(=O)OC[C@@H](COC(=O)CCCCCCC)OC(=O)CCCCCCCCCCCCC(C)CC. The molecule has 0 spiro atoms. The summed E-state index contributed by atoms with van der Waals surface area (Å²) in [6.45, 7) is 8.96. The molecule has 0 aliphatic rings. The van der Waals surface area contributed by atoms with E-state index in [0.29, 0.717) is 19.3 Å². The van der Waals surface area contributed by atoms with E-state index in [9.17, 15) is 14.4 Å². The summed E-state index contributed by atoms with van der Waals surface area (Å²) in [5.41, 5.74) is 0. The molecule has 0 rings (SSSR count). The van der Waals surface area contributed by atoms with Crippen molar-refractivity contribution in [3.63, 3.8) is 0 Å². The molecule has 0 heterocycles. The van der Waals surface area contributed by atoms with Gasteiger partial charge in [0.15, 0.2) is 6.10 Å². The van der Waals surface area contributed by atoms with E-state index in [-0.39, 0.29) is 31.1 Å². The molecule has 2 atom stereocenters. The lowest BCUT2D eigenvalue weighted by Crippen LogP contribution is -2.30. The monoisotopic (exact) mass is 779 g/mol. The normalized spacial score (nSPS) is 12.4. The fraction of sp³-hybridized carbons (Fsp3) is 0.939.